The lowest BCUT2D eigenvalue weighted by Crippen LogP contribution is -2.36. The summed E-state index contributed by atoms with van der Waals surface area (Å²) in [7, 11) is 0. The second-order valence-corrected chi connectivity index (χ2v) is 5.48. The maximum Gasteiger partial charge on any atom is 0.147 e. The highest BCUT2D eigenvalue weighted by Crippen LogP contribution is 2.33. The molecule has 0 radical (unpaired) electrons. The first-order chi connectivity index (χ1) is 9.20. The predicted octanol–water partition coefficient (Wildman–Crippen LogP) is 2.29. The zero-order valence-electron chi connectivity index (χ0n) is 11.4. The summed E-state index contributed by atoms with van der Waals surface area (Å²) in [6.45, 7) is 2.90. The smallest absolute Gasteiger partial charge is 0.147 e. The van der Waals surface area contributed by atoms with Crippen LogP contribution in [-0.2, 0) is 0 Å². The molecule has 1 aliphatic rings. The molecule has 0 amide bonds. The van der Waals surface area contributed by atoms with E-state index in [9.17, 15) is 0 Å². The Morgan fingerprint density at radius 2 is 2.11 bits per heavy atom. The Kier molecular flexibility index (Phi) is 4.80. The number of nitrogens with two attached hydrogens (primary N) is 1. The van der Waals surface area contributed by atoms with Crippen molar-refractivity contribution in [3.8, 4) is 0 Å². The maximum atomic E-state index is 8.92. The van der Waals surface area contributed by atoms with Gasteiger partial charge >= 0.3 is 0 Å². The van der Waals surface area contributed by atoms with E-state index in [4.69, 9.17) is 10.9 Å². The van der Waals surface area contributed by atoms with E-state index in [2.05, 4.69) is 17.4 Å². The predicted molar refractivity (Wildman–Crippen MR) is 77.4 cm³/mol. The molecule has 4 N–H and O–H groups in total. The van der Waals surface area contributed by atoms with E-state index < -0.39 is 0 Å². The molecular formula is C15H23N3O. The molecule has 1 saturated carbocycles. The molecule has 2 atom stereocenters. The van der Waals surface area contributed by atoms with Crippen molar-refractivity contribution in [2.24, 2.45) is 16.8 Å². The molecular weight excluding hydrogens is 238 g/mol. The third-order valence-electron chi connectivity index (χ3n) is 3.73. The summed E-state index contributed by atoms with van der Waals surface area (Å²) < 4.78 is 0. The largest absolute Gasteiger partial charge is 0.409 e. The molecule has 1 aliphatic carbocycles. The summed E-state index contributed by atoms with van der Waals surface area (Å²) in [4.78, 5) is 0. The van der Waals surface area contributed by atoms with E-state index in [0.717, 1.165) is 11.5 Å². The van der Waals surface area contributed by atoms with E-state index in [1.807, 2.05) is 30.3 Å². The van der Waals surface area contributed by atoms with Gasteiger partial charge in [0.1, 0.15) is 5.84 Å². The van der Waals surface area contributed by atoms with Gasteiger partial charge in [-0.2, -0.15) is 0 Å². The minimum Gasteiger partial charge on any atom is -0.409 e. The lowest BCUT2D eigenvalue weighted by molar-refractivity contribution is 0.315. The van der Waals surface area contributed by atoms with E-state index >= 15 is 0 Å². The van der Waals surface area contributed by atoms with Gasteiger partial charge in [-0.15, -0.1) is 0 Å². The Morgan fingerprint density at radius 3 is 2.68 bits per heavy atom. The molecule has 0 heterocycles. The van der Waals surface area contributed by atoms with E-state index in [1.165, 1.54) is 19.3 Å². The Balaban J connectivity index is 1.94. The Bertz CT molecular complexity index is 415. The first-order valence-corrected chi connectivity index (χ1v) is 6.96. The number of benzene rings is 1. The van der Waals surface area contributed by atoms with E-state index in [1.54, 1.807) is 0 Å². The highest BCUT2D eigenvalue weighted by molar-refractivity contribution is 5.87. The molecule has 0 bridgehead atoms. The summed E-state index contributed by atoms with van der Waals surface area (Å²) in [6, 6.07) is 10.4. The van der Waals surface area contributed by atoms with Crippen molar-refractivity contribution in [2.45, 2.75) is 38.1 Å². The molecule has 2 unspecified atom stereocenters. The first-order valence-electron chi connectivity index (χ1n) is 6.96. The fourth-order valence-electron chi connectivity index (χ4n) is 2.40. The van der Waals surface area contributed by atoms with Crippen molar-refractivity contribution in [3.63, 3.8) is 0 Å². The van der Waals surface area contributed by atoms with Crippen LogP contribution in [0.1, 0.15) is 37.7 Å². The topological polar surface area (TPSA) is 70.6 Å². The molecule has 0 aliphatic heterocycles. The van der Waals surface area contributed by atoms with Crippen LogP contribution in [0.15, 0.2) is 35.5 Å². The van der Waals surface area contributed by atoms with Crippen LogP contribution in [0.25, 0.3) is 0 Å². The SMILES string of the molecule is CC(CC1CC1)NCC(C(N)=NO)c1ccccc1. The highest BCUT2D eigenvalue weighted by atomic mass is 16.4. The zero-order valence-corrected chi connectivity index (χ0v) is 11.4. The third kappa shape index (κ3) is 4.24. The summed E-state index contributed by atoms with van der Waals surface area (Å²) >= 11 is 0. The van der Waals surface area contributed by atoms with Crippen LogP contribution < -0.4 is 11.1 Å². The monoisotopic (exact) mass is 261 g/mol. The minimum atomic E-state index is -0.0761. The molecule has 2 rings (SSSR count). The first kappa shape index (κ1) is 13.9. The van der Waals surface area contributed by atoms with Crippen molar-refractivity contribution < 1.29 is 5.21 Å². The summed E-state index contributed by atoms with van der Waals surface area (Å²) in [6.07, 6.45) is 3.96. The molecule has 1 aromatic carbocycles. The van der Waals surface area contributed by atoms with Crippen molar-refractivity contribution >= 4 is 5.84 Å². The van der Waals surface area contributed by atoms with Crippen molar-refractivity contribution in [3.05, 3.63) is 35.9 Å². The van der Waals surface area contributed by atoms with Gasteiger partial charge in [-0.3, -0.25) is 0 Å². The number of hydrogen-bond donors (Lipinski definition) is 3. The Labute approximate surface area is 114 Å². The van der Waals surface area contributed by atoms with Crippen LogP contribution in [0.4, 0.5) is 0 Å². The lowest BCUT2D eigenvalue weighted by atomic mass is 9.97. The molecule has 1 aromatic rings. The molecule has 4 nitrogen and oxygen atoms in total. The quantitative estimate of drug-likeness (QED) is 0.305. The zero-order chi connectivity index (χ0) is 13.7. The number of nitrogens with zero attached hydrogens (tertiary/aromatic N) is 1. The number of rotatable bonds is 7. The van der Waals surface area contributed by atoms with Gasteiger partial charge in [0.15, 0.2) is 0 Å². The standard InChI is InChI=1S/C15H23N3O/c1-11(9-12-7-8-12)17-10-14(15(16)18-19)13-5-3-2-4-6-13/h2-6,11-12,14,17,19H,7-10H2,1H3,(H2,16,18). The summed E-state index contributed by atoms with van der Waals surface area (Å²) in [5.41, 5.74) is 6.88. The Morgan fingerprint density at radius 1 is 1.42 bits per heavy atom. The van der Waals surface area contributed by atoms with Crippen molar-refractivity contribution in [2.75, 3.05) is 6.54 Å². The molecule has 4 heteroatoms. The second kappa shape index (κ2) is 6.57. The molecule has 0 saturated heterocycles. The Hall–Kier alpha value is -1.55. The van der Waals surface area contributed by atoms with Gasteiger partial charge in [-0.1, -0.05) is 48.3 Å². The molecule has 19 heavy (non-hydrogen) atoms. The van der Waals surface area contributed by atoms with Crippen LogP contribution in [0.2, 0.25) is 0 Å². The average Bonchev–Trinajstić information content (AvgIpc) is 3.23. The average molecular weight is 261 g/mol. The van der Waals surface area contributed by atoms with Crippen molar-refractivity contribution in [1.82, 2.24) is 5.32 Å². The maximum absolute atomic E-state index is 8.92. The molecule has 0 spiro atoms. The molecule has 0 aromatic heterocycles. The fourth-order valence-corrected chi connectivity index (χ4v) is 2.40. The van der Waals surface area contributed by atoms with Gasteiger partial charge in [0, 0.05) is 12.6 Å². The number of hydrogen-bond acceptors (Lipinski definition) is 3. The highest BCUT2D eigenvalue weighted by Gasteiger charge is 2.24. The van der Waals surface area contributed by atoms with Crippen molar-refractivity contribution in [1.29, 1.82) is 0 Å². The van der Waals surface area contributed by atoms with Gasteiger partial charge in [0.25, 0.3) is 0 Å². The van der Waals surface area contributed by atoms with Gasteiger partial charge in [0.2, 0.25) is 0 Å². The lowest BCUT2D eigenvalue weighted by Gasteiger charge is -2.20. The number of nitrogens with one attached hydrogen (secondary N) is 1. The summed E-state index contributed by atoms with van der Waals surface area (Å²) in [5.74, 6) is 1.09. The van der Waals surface area contributed by atoms with Gasteiger partial charge in [0.05, 0.1) is 5.92 Å². The van der Waals surface area contributed by atoms with Crippen LogP contribution in [0, 0.1) is 5.92 Å². The van der Waals surface area contributed by atoms with Crippen LogP contribution >= 0.6 is 0 Å². The fraction of sp³-hybridized carbons (Fsp3) is 0.533. The van der Waals surface area contributed by atoms with Crippen LogP contribution in [0.5, 0.6) is 0 Å². The van der Waals surface area contributed by atoms with Gasteiger partial charge in [-0.05, 0) is 24.8 Å². The van der Waals surface area contributed by atoms with Crippen LogP contribution in [-0.4, -0.2) is 23.6 Å². The third-order valence-corrected chi connectivity index (χ3v) is 3.73. The summed E-state index contributed by atoms with van der Waals surface area (Å²) in [5, 5.41) is 15.6. The van der Waals surface area contributed by atoms with Crippen LogP contribution in [0.3, 0.4) is 0 Å². The van der Waals surface area contributed by atoms with Gasteiger partial charge in [-0.25, -0.2) is 0 Å². The number of amidine groups is 1. The van der Waals surface area contributed by atoms with E-state index in [-0.39, 0.29) is 11.8 Å². The minimum absolute atomic E-state index is 0.0761. The molecule has 104 valence electrons. The normalized spacial score (nSPS) is 19.1. The van der Waals surface area contributed by atoms with E-state index in [0.29, 0.717) is 12.6 Å². The van der Waals surface area contributed by atoms with Gasteiger partial charge < -0.3 is 16.3 Å². The molecule has 1 fully saturated rings. The second-order valence-electron chi connectivity index (χ2n) is 5.48. The number of oxime groups is 1.